The summed E-state index contributed by atoms with van der Waals surface area (Å²) in [4.78, 5) is 45.2. The van der Waals surface area contributed by atoms with E-state index >= 15 is 0 Å². The van der Waals surface area contributed by atoms with Crippen molar-refractivity contribution >= 4 is 69.1 Å². The van der Waals surface area contributed by atoms with Crippen LogP contribution in [-0.2, 0) is 9.59 Å². The molecule has 7 nitrogen and oxygen atoms in total. The number of benzene rings is 3. The van der Waals surface area contributed by atoms with Crippen molar-refractivity contribution in [3.05, 3.63) is 124 Å². The standard InChI is InChI=1S/C32H26N4O3S3/c1-21(29(37)36-32-35-28(20-41-32)22-10-4-2-5-11-22)42-26-15-8-14-24(18-26)33-31(39)27(19-25-16-9-17-40-25)34-30(38)23-12-6-3-7-13-23/h2-21H,1H3,(H,33,39)(H,34,38)(H,35,36,37)/b27-19-. The molecule has 1 atom stereocenters. The average Bonchev–Trinajstić information content (AvgIpc) is 3.70. The molecule has 0 spiro atoms. The van der Waals surface area contributed by atoms with E-state index in [1.165, 1.54) is 34.4 Å². The number of nitrogens with zero attached hydrogens (tertiary/aromatic N) is 1. The highest BCUT2D eigenvalue weighted by molar-refractivity contribution is 8.00. The van der Waals surface area contributed by atoms with Crippen molar-refractivity contribution in [1.82, 2.24) is 10.3 Å². The number of carbonyl (C=O) groups excluding carboxylic acids is 3. The molecule has 10 heteroatoms. The number of amides is 3. The maximum atomic E-state index is 13.3. The molecule has 3 N–H and O–H groups in total. The summed E-state index contributed by atoms with van der Waals surface area (Å²) in [7, 11) is 0. The van der Waals surface area contributed by atoms with E-state index in [2.05, 4.69) is 20.9 Å². The van der Waals surface area contributed by atoms with Gasteiger partial charge in [-0.25, -0.2) is 4.98 Å². The quantitative estimate of drug-likeness (QED) is 0.113. The zero-order valence-electron chi connectivity index (χ0n) is 22.4. The van der Waals surface area contributed by atoms with Crippen LogP contribution in [0.25, 0.3) is 17.3 Å². The zero-order valence-corrected chi connectivity index (χ0v) is 24.9. The molecule has 210 valence electrons. The van der Waals surface area contributed by atoms with Gasteiger partial charge in [0.25, 0.3) is 11.8 Å². The van der Waals surface area contributed by atoms with Gasteiger partial charge in [0.2, 0.25) is 5.91 Å². The van der Waals surface area contributed by atoms with E-state index in [1.54, 1.807) is 48.5 Å². The van der Waals surface area contributed by atoms with E-state index in [-0.39, 0.29) is 17.5 Å². The molecule has 0 aliphatic rings. The molecule has 0 radical (unpaired) electrons. The van der Waals surface area contributed by atoms with Crippen LogP contribution in [-0.4, -0.2) is 28.0 Å². The largest absolute Gasteiger partial charge is 0.321 e. The lowest BCUT2D eigenvalue weighted by molar-refractivity contribution is -0.115. The molecule has 5 rings (SSSR count). The van der Waals surface area contributed by atoms with Crippen molar-refractivity contribution in [3.8, 4) is 11.3 Å². The highest BCUT2D eigenvalue weighted by Gasteiger charge is 2.18. The minimum absolute atomic E-state index is 0.121. The summed E-state index contributed by atoms with van der Waals surface area (Å²) in [5.74, 6) is -1.01. The monoisotopic (exact) mass is 610 g/mol. The van der Waals surface area contributed by atoms with Crippen LogP contribution in [0.1, 0.15) is 22.2 Å². The van der Waals surface area contributed by atoms with Gasteiger partial charge < -0.3 is 16.0 Å². The first-order valence-electron chi connectivity index (χ1n) is 13.0. The third-order valence-corrected chi connectivity index (χ3v) is 8.61. The van der Waals surface area contributed by atoms with E-state index in [0.29, 0.717) is 16.4 Å². The van der Waals surface area contributed by atoms with Gasteiger partial charge in [0.05, 0.1) is 10.9 Å². The van der Waals surface area contributed by atoms with Crippen molar-refractivity contribution in [2.24, 2.45) is 0 Å². The van der Waals surface area contributed by atoms with E-state index in [9.17, 15) is 14.4 Å². The summed E-state index contributed by atoms with van der Waals surface area (Å²) in [6.45, 7) is 1.82. The fourth-order valence-corrected chi connectivity index (χ4v) is 6.15. The number of rotatable bonds is 10. The van der Waals surface area contributed by atoms with Crippen LogP contribution in [0, 0.1) is 0 Å². The first-order valence-corrected chi connectivity index (χ1v) is 15.6. The van der Waals surface area contributed by atoms with Gasteiger partial charge in [-0.05, 0) is 54.8 Å². The Balaban J connectivity index is 1.23. The highest BCUT2D eigenvalue weighted by Crippen LogP contribution is 2.29. The van der Waals surface area contributed by atoms with E-state index in [1.807, 2.05) is 72.3 Å². The fraction of sp³-hybridized carbons (Fsp3) is 0.0625. The molecule has 0 aliphatic heterocycles. The number of nitrogens with one attached hydrogen (secondary N) is 3. The van der Waals surface area contributed by atoms with Crippen LogP contribution in [0.2, 0.25) is 0 Å². The predicted octanol–water partition coefficient (Wildman–Crippen LogP) is 7.40. The van der Waals surface area contributed by atoms with Crippen LogP contribution in [0.3, 0.4) is 0 Å². The lowest BCUT2D eigenvalue weighted by atomic mass is 10.2. The molecular weight excluding hydrogens is 585 g/mol. The topological polar surface area (TPSA) is 100 Å². The van der Waals surface area contributed by atoms with Gasteiger partial charge in [-0.3, -0.25) is 14.4 Å². The minimum Gasteiger partial charge on any atom is -0.321 e. The molecule has 0 saturated heterocycles. The van der Waals surface area contributed by atoms with Gasteiger partial charge in [-0.2, -0.15) is 0 Å². The average molecular weight is 611 g/mol. The molecule has 0 aliphatic carbocycles. The summed E-state index contributed by atoms with van der Waals surface area (Å²) < 4.78 is 0. The Hall–Kier alpha value is -4.51. The van der Waals surface area contributed by atoms with Crippen LogP contribution in [0.5, 0.6) is 0 Å². The second-order valence-electron chi connectivity index (χ2n) is 9.03. The number of hydrogen-bond acceptors (Lipinski definition) is 7. The SMILES string of the molecule is CC(Sc1cccc(NC(=O)/C(=C/c2cccs2)NC(=O)c2ccccc2)c1)C(=O)Nc1nc(-c2ccccc2)cs1. The van der Waals surface area contributed by atoms with Crippen molar-refractivity contribution in [1.29, 1.82) is 0 Å². The third kappa shape index (κ3) is 7.82. The maximum Gasteiger partial charge on any atom is 0.272 e. The van der Waals surface area contributed by atoms with Gasteiger partial charge in [0, 0.05) is 32.0 Å². The van der Waals surface area contributed by atoms with Gasteiger partial charge in [-0.1, -0.05) is 60.7 Å². The smallest absolute Gasteiger partial charge is 0.272 e. The number of thioether (sulfide) groups is 1. The Kier molecular flexibility index (Phi) is 9.60. The first-order chi connectivity index (χ1) is 20.4. The molecule has 0 bridgehead atoms. The van der Waals surface area contributed by atoms with Gasteiger partial charge in [0.1, 0.15) is 5.70 Å². The van der Waals surface area contributed by atoms with E-state index in [0.717, 1.165) is 21.0 Å². The maximum absolute atomic E-state index is 13.3. The molecule has 1 unspecified atom stereocenters. The third-order valence-electron chi connectivity index (χ3n) is 5.94. The number of aromatic nitrogens is 1. The van der Waals surface area contributed by atoms with Crippen LogP contribution >= 0.6 is 34.4 Å². The van der Waals surface area contributed by atoms with Crippen LogP contribution < -0.4 is 16.0 Å². The second kappa shape index (κ2) is 13.9. The molecular formula is C32H26N4O3S3. The number of thiazole rings is 1. The molecule has 0 saturated carbocycles. The Morgan fingerprint density at radius 1 is 0.857 bits per heavy atom. The fourth-order valence-electron chi connectivity index (χ4n) is 3.84. The Bertz CT molecular complexity index is 1700. The lowest BCUT2D eigenvalue weighted by Crippen LogP contribution is -2.30. The summed E-state index contributed by atoms with van der Waals surface area (Å²) >= 11 is 4.20. The lowest BCUT2D eigenvalue weighted by Gasteiger charge is -2.13. The minimum atomic E-state index is -0.460. The summed E-state index contributed by atoms with van der Waals surface area (Å²) in [5, 5.41) is 12.4. The number of carbonyl (C=O) groups is 3. The van der Waals surface area contributed by atoms with Gasteiger partial charge in [-0.15, -0.1) is 34.4 Å². The van der Waals surface area contributed by atoms with Gasteiger partial charge >= 0.3 is 0 Å². The van der Waals surface area contributed by atoms with Crippen molar-refractivity contribution < 1.29 is 14.4 Å². The van der Waals surface area contributed by atoms with E-state index < -0.39 is 11.2 Å². The van der Waals surface area contributed by atoms with Crippen LogP contribution in [0.15, 0.2) is 118 Å². The van der Waals surface area contributed by atoms with Gasteiger partial charge in [0.15, 0.2) is 5.13 Å². The Morgan fingerprint density at radius 3 is 2.36 bits per heavy atom. The van der Waals surface area contributed by atoms with Crippen molar-refractivity contribution in [3.63, 3.8) is 0 Å². The zero-order chi connectivity index (χ0) is 29.3. The molecule has 3 amide bonds. The number of hydrogen-bond donors (Lipinski definition) is 3. The summed E-state index contributed by atoms with van der Waals surface area (Å²) in [6, 6.07) is 29.5. The molecule has 42 heavy (non-hydrogen) atoms. The van der Waals surface area contributed by atoms with Crippen LogP contribution in [0.4, 0.5) is 10.8 Å². The molecule has 5 aromatic rings. The van der Waals surface area contributed by atoms with Crippen molar-refractivity contribution in [2.75, 3.05) is 10.6 Å². The molecule has 3 aromatic carbocycles. The van der Waals surface area contributed by atoms with Crippen molar-refractivity contribution in [2.45, 2.75) is 17.1 Å². The number of anilines is 2. The summed E-state index contributed by atoms with van der Waals surface area (Å²) in [5.41, 5.74) is 2.91. The Morgan fingerprint density at radius 2 is 1.62 bits per heavy atom. The number of thiophene rings is 1. The molecule has 2 heterocycles. The summed E-state index contributed by atoms with van der Waals surface area (Å²) in [6.07, 6.45) is 1.65. The first kappa shape index (κ1) is 29.0. The molecule has 0 fully saturated rings. The molecule has 2 aromatic heterocycles. The predicted molar refractivity (Wildman–Crippen MR) is 173 cm³/mol. The Labute approximate surface area is 255 Å². The normalized spacial score (nSPS) is 11.9. The van der Waals surface area contributed by atoms with E-state index in [4.69, 9.17) is 0 Å². The highest BCUT2D eigenvalue weighted by atomic mass is 32.2. The second-order valence-corrected chi connectivity index (χ2v) is 12.3.